The van der Waals surface area contributed by atoms with Gasteiger partial charge in [-0.1, -0.05) is 25.6 Å². The quantitative estimate of drug-likeness (QED) is 0.758. The number of nitrogens with zero attached hydrogens (tertiary/aromatic N) is 1. The highest BCUT2D eigenvalue weighted by atomic mass is 32.1. The molecule has 1 aromatic carbocycles. The lowest BCUT2D eigenvalue weighted by Gasteiger charge is -2.05. The van der Waals surface area contributed by atoms with Crippen LogP contribution in [0, 0.1) is 0 Å². The molecule has 0 spiro atoms. The Morgan fingerprint density at radius 1 is 1.38 bits per heavy atom. The molecule has 0 amide bonds. The lowest BCUT2D eigenvalue weighted by atomic mass is 10.1. The van der Waals surface area contributed by atoms with Gasteiger partial charge in [-0.25, -0.2) is 0 Å². The molecule has 84 valence electrons. The zero-order valence-corrected chi connectivity index (χ0v) is 10.5. The van der Waals surface area contributed by atoms with Gasteiger partial charge in [0.05, 0.1) is 0 Å². The van der Waals surface area contributed by atoms with Crippen LogP contribution < -0.4 is 0 Å². The van der Waals surface area contributed by atoms with E-state index in [4.69, 9.17) is 0 Å². The Labute approximate surface area is 102 Å². The van der Waals surface area contributed by atoms with Crippen molar-refractivity contribution < 1.29 is 0 Å². The molecule has 2 rings (SSSR count). The van der Waals surface area contributed by atoms with Gasteiger partial charge in [0, 0.05) is 30.1 Å². The molecular weight excluding hydrogens is 214 g/mol. The van der Waals surface area contributed by atoms with Gasteiger partial charge < -0.3 is 4.57 Å². The van der Waals surface area contributed by atoms with Crippen molar-refractivity contribution in [1.82, 2.24) is 4.57 Å². The molecule has 0 saturated carbocycles. The first-order valence-corrected chi connectivity index (χ1v) is 6.10. The Morgan fingerprint density at radius 2 is 2.19 bits per heavy atom. The summed E-state index contributed by atoms with van der Waals surface area (Å²) in [5.41, 5.74) is 2.63. The minimum Gasteiger partial charge on any atom is -0.347 e. The van der Waals surface area contributed by atoms with E-state index in [0.29, 0.717) is 0 Å². The van der Waals surface area contributed by atoms with E-state index in [0.717, 1.165) is 24.3 Å². The second-order valence-electron chi connectivity index (χ2n) is 4.10. The molecule has 0 atom stereocenters. The van der Waals surface area contributed by atoms with Crippen molar-refractivity contribution in [2.45, 2.75) is 26.3 Å². The third-order valence-corrected chi connectivity index (χ3v) is 2.92. The maximum Gasteiger partial charge on any atom is 0.0483 e. The predicted octanol–water partition coefficient (Wildman–Crippen LogP) is 4.04. The fourth-order valence-corrected chi connectivity index (χ4v) is 2.27. The van der Waals surface area contributed by atoms with E-state index in [9.17, 15) is 0 Å². The van der Waals surface area contributed by atoms with Gasteiger partial charge in [-0.05, 0) is 29.0 Å². The van der Waals surface area contributed by atoms with Crippen LogP contribution in [0.5, 0.6) is 0 Å². The zero-order valence-electron chi connectivity index (χ0n) is 9.61. The first-order valence-electron chi connectivity index (χ1n) is 5.66. The summed E-state index contributed by atoms with van der Waals surface area (Å²) in [4.78, 5) is 0.913. The van der Waals surface area contributed by atoms with E-state index in [2.05, 4.69) is 61.2 Å². The van der Waals surface area contributed by atoms with Gasteiger partial charge in [-0.3, -0.25) is 0 Å². The van der Waals surface area contributed by atoms with Crippen LogP contribution in [0.2, 0.25) is 0 Å². The van der Waals surface area contributed by atoms with Crippen LogP contribution >= 0.6 is 12.6 Å². The highest BCUT2D eigenvalue weighted by Gasteiger charge is 2.05. The van der Waals surface area contributed by atoms with Crippen molar-refractivity contribution >= 4 is 23.5 Å². The third kappa shape index (κ3) is 2.17. The van der Waals surface area contributed by atoms with Crippen molar-refractivity contribution in [1.29, 1.82) is 0 Å². The molecule has 0 radical (unpaired) electrons. The molecule has 0 fully saturated rings. The number of rotatable bonds is 4. The number of hydrogen-bond acceptors (Lipinski definition) is 1. The number of hydrogen-bond donors (Lipinski definition) is 1. The number of thiol groups is 1. The van der Waals surface area contributed by atoms with E-state index in [-0.39, 0.29) is 0 Å². The standard InChI is InChI=1S/C14H17NS/c1-3-8-15-9-7-13-12(10-11(2)16)5-4-6-14(13)15/h4-7,9,16H,2-3,8,10H2,1H3. The van der Waals surface area contributed by atoms with Gasteiger partial charge in [-0.2, -0.15) is 0 Å². The maximum absolute atomic E-state index is 4.28. The van der Waals surface area contributed by atoms with Crippen LogP contribution in [0.1, 0.15) is 18.9 Å². The number of aromatic nitrogens is 1. The van der Waals surface area contributed by atoms with Crippen molar-refractivity contribution in [3.05, 3.63) is 47.5 Å². The monoisotopic (exact) mass is 231 g/mol. The van der Waals surface area contributed by atoms with Crippen LogP contribution in [0.3, 0.4) is 0 Å². The molecule has 1 heterocycles. The molecule has 0 unspecified atom stereocenters. The fraction of sp³-hybridized carbons (Fsp3) is 0.286. The van der Waals surface area contributed by atoms with Crippen molar-refractivity contribution in [2.75, 3.05) is 0 Å². The van der Waals surface area contributed by atoms with Crippen LogP contribution in [0.15, 0.2) is 41.9 Å². The van der Waals surface area contributed by atoms with Crippen molar-refractivity contribution in [3.8, 4) is 0 Å². The molecule has 0 aliphatic heterocycles. The van der Waals surface area contributed by atoms with Gasteiger partial charge in [0.2, 0.25) is 0 Å². The Bertz CT molecular complexity index is 510. The molecule has 0 bridgehead atoms. The Morgan fingerprint density at radius 3 is 2.88 bits per heavy atom. The van der Waals surface area contributed by atoms with Crippen LogP contribution in [0.25, 0.3) is 10.9 Å². The summed E-state index contributed by atoms with van der Waals surface area (Å²) in [6.45, 7) is 7.14. The van der Waals surface area contributed by atoms with Crippen molar-refractivity contribution in [2.24, 2.45) is 0 Å². The SMILES string of the molecule is C=C(S)Cc1cccc2c1ccn2CCC. The minimum absolute atomic E-state index is 0.844. The topological polar surface area (TPSA) is 4.93 Å². The summed E-state index contributed by atoms with van der Waals surface area (Å²) < 4.78 is 2.31. The highest BCUT2D eigenvalue weighted by molar-refractivity contribution is 7.84. The van der Waals surface area contributed by atoms with E-state index in [1.807, 2.05) is 0 Å². The molecule has 2 heteroatoms. The fourth-order valence-electron chi connectivity index (χ4n) is 2.10. The molecular formula is C14H17NS. The van der Waals surface area contributed by atoms with Gasteiger partial charge in [-0.15, -0.1) is 12.6 Å². The number of allylic oxidation sites excluding steroid dienone is 1. The lowest BCUT2D eigenvalue weighted by Crippen LogP contribution is -1.94. The summed E-state index contributed by atoms with van der Waals surface area (Å²) in [5.74, 6) is 0. The molecule has 0 N–H and O–H groups in total. The summed E-state index contributed by atoms with van der Waals surface area (Å²) in [6, 6.07) is 8.63. The average molecular weight is 231 g/mol. The second-order valence-corrected chi connectivity index (χ2v) is 4.73. The van der Waals surface area contributed by atoms with Crippen LogP contribution in [0.4, 0.5) is 0 Å². The summed E-state index contributed by atoms with van der Waals surface area (Å²) in [5, 5.41) is 1.33. The summed E-state index contributed by atoms with van der Waals surface area (Å²) in [6.07, 6.45) is 4.17. The van der Waals surface area contributed by atoms with E-state index in [1.165, 1.54) is 16.5 Å². The highest BCUT2D eigenvalue weighted by Crippen LogP contribution is 2.23. The van der Waals surface area contributed by atoms with Gasteiger partial charge in [0.25, 0.3) is 0 Å². The Kier molecular flexibility index (Phi) is 3.39. The molecule has 0 aliphatic carbocycles. The molecule has 1 aromatic heterocycles. The normalized spacial score (nSPS) is 10.9. The first-order chi connectivity index (χ1) is 7.72. The van der Waals surface area contributed by atoms with Gasteiger partial charge in [0.15, 0.2) is 0 Å². The summed E-state index contributed by atoms with van der Waals surface area (Å²) >= 11 is 4.28. The summed E-state index contributed by atoms with van der Waals surface area (Å²) in [7, 11) is 0. The molecule has 0 aliphatic rings. The Hall–Kier alpha value is -1.15. The van der Waals surface area contributed by atoms with Crippen LogP contribution in [-0.4, -0.2) is 4.57 Å². The first kappa shape index (κ1) is 11.3. The second kappa shape index (κ2) is 4.79. The number of benzene rings is 1. The largest absolute Gasteiger partial charge is 0.347 e. The molecule has 2 aromatic rings. The Balaban J connectivity index is 2.48. The molecule has 0 saturated heterocycles. The lowest BCUT2D eigenvalue weighted by molar-refractivity contribution is 0.703. The van der Waals surface area contributed by atoms with Crippen LogP contribution in [-0.2, 0) is 13.0 Å². The maximum atomic E-state index is 4.28. The minimum atomic E-state index is 0.844. The zero-order chi connectivity index (χ0) is 11.5. The van der Waals surface area contributed by atoms with Gasteiger partial charge >= 0.3 is 0 Å². The van der Waals surface area contributed by atoms with E-state index < -0.39 is 0 Å². The molecule has 1 nitrogen and oxygen atoms in total. The molecule has 16 heavy (non-hydrogen) atoms. The van der Waals surface area contributed by atoms with Gasteiger partial charge in [0.1, 0.15) is 0 Å². The number of fused-ring (bicyclic) bond motifs is 1. The average Bonchev–Trinajstić information content (AvgIpc) is 2.63. The van der Waals surface area contributed by atoms with E-state index >= 15 is 0 Å². The number of aryl methyl sites for hydroxylation is 1. The predicted molar refractivity (Wildman–Crippen MR) is 74.1 cm³/mol. The van der Waals surface area contributed by atoms with Crippen molar-refractivity contribution in [3.63, 3.8) is 0 Å². The smallest absolute Gasteiger partial charge is 0.0483 e. The van der Waals surface area contributed by atoms with E-state index in [1.54, 1.807) is 0 Å². The third-order valence-electron chi connectivity index (χ3n) is 2.76.